The van der Waals surface area contributed by atoms with E-state index in [4.69, 9.17) is 4.74 Å². The molecule has 2 fully saturated rings. The van der Waals surface area contributed by atoms with Gasteiger partial charge in [0.25, 0.3) is 0 Å². The lowest BCUT2D eigenvalue weighted by Crippen LogP contribution is -2.70. The van der Waals surface area contributed by atoms with Crippen LogP contribution < -0.4 is 0 Å². The van der Waals surface area contributed by atoms with E-state index in [9.17, 15) is 15.0 Å². The maximum atomic E-state index is 11.8. The van der Waals surface area contributed by atoms with Crippen LogP contribution in [-0.2, 0) is 9.53 Å². The first kappa shape index (κ1) is 21.2. The highest BCUT2D eigenvalue weighted by molar-refractivity contribution is 5.66. The van der Waals surface area contributed by atoms with Crippen LogP contribution in [0.15, 0.2) is 24.3 Å². The first-order valence-electron chi connectivity index (χ1n) is 9.75. The van der Waals surface area contributed by atoms with E-state index in [1.807, 2.05) is 6.92 Å². The van der Waals surface area contributed by atoms with Crippen molar-refractivity contribution in [3.8, 4) is 0 Å². The van der Waals surface area contributed by atoms with Crippen LogP contribution in [-0.4, -0.2) is 34.0 Å². The normalized spacial score (nSPS) is 42.7. The van der Waals surface area contributed by atoms with Gasteiger partial charge in [-0.05, 0) is 49.9 Å². The largest absolute Gasteiger partial charge is 0.459 e. The van der Waals surface area contributed by atoms with Crippen LogP contribution in [0.25, 0.3) is 0 Å². The third-order valence-corrected chi connectivity index (χ3v) is 7.13. The zero-order chi connectivity index (χ0) is 19.9. The number of allylic oxidation sites excluding steroid dienone is 3. The molecule has 2 N–H and O–H groups in total. The average Bonchev–Trinajstić information content (AvgIpc) is 2.50. The van der Waals surface area contributed by atoms with Crippen LogP contribution in [0.4, 0.5) is 0 Å². The van der Waals surface area contributed by atoms with Crippen LogP contribution >= 0.6 is 0 Å². The van der Waals surface area contributed by atoms with Crippen LogP contribution in [0.2, 0.25) is 0 Å². The van der Waals surface area contributed by atoms with Crippen molar-refractivity contribution in [3.63, 3.8) is 0 Å². The van der Waals surface area contributed by atoms with Crippen LogP contribution in [0.1, 0.15) is 67.2 Å². The minimum atomic E-state index is -1.34. The van der Waals surface area contributed by atoms with E-state index in [-0.39, 0.29) is 22.7 Å². The molecule has 0 heterocycles. The molecule has 0 aromatic heterocycles. The van der Waals surface area contributed by atoms with Gasteiger partial charge in [-0.1, -0.05) is 51.5 Å². The molecular formula is C22H36O4. The third-order valence-electron chi connectivity index (χ3n) is 7.13. The molecule has 0 radical (unpaired) electrons. The minimum absolute atomic E-state index is 0.00897. The summed E-state index contributed by atoms with van der Waals surface area (Å²) < 4.78 is 5.62. The summed E-state index contributed by atoms with van der Waals surface area (Å²) in [5, 5.41) is 22.4. The van der Waals surface area contributed by atoms with Gasteiger partial charge in [0.05, 0.1) is 5.60 Å². The molecule has 2 rings (SSSR count). The molecule has 0 saturated heterocycles. The van der Waals surface area contributed by atoms with E-state index in [1.165, 1.54) is 6.92 Å². The number of hydrogen-bond acceptors (Lipinski definition) is 4. The fourth-order valence-corrected chi connectivity index (χ4v) is 5.95. The molecule has 0 unspecified atom stereocenters. The molecule has 148 valence electrons. The van der Waals surface area contributed by atoms with Crippen LogP contribution in [0.5, 0.6) is 0 Å². The quantitative estimate of drug-likeness (QED) is 0.584. The molecule has 4 heteroatoms. The fraction of sp³-hybridized carbons (Fsp3) is 0.773. The Morgan fingerprint density at radius 1 is 1.23 bits per heavy atom. The molecule has 26 heavy (non-hydrogen) atoms. The number of carbonyl (C=O) groups excluding carboxylic acids is 1. The van der Waals surface area contributed by atoms with Gasteiger partial charge in [-0.15, -0.1) is 0 Å². The Morgan fingerprint density at radius 2 is 1.85 bits per heavy atom. The second-order valence-corrected chi connectivity index (χ2v) is 9.51. The summed E-state index contributed by atoms with van der Waals surface area (Å²) in [7, 11) is 0. The third kappa shape index (κ3) is 3.50. The molecule has 2 aliphatic carbocycles. The van der Waals surface area contributed by atoms with Gasteiger partial charge in [0.1, 0.15) is 12.2 Å². The molecule has 0 aromatic carbocycles. The Labute approximate surface area is 158 Å². The molecule has 4 nitrogen and oxygen atoms in total. The van der Waals surface area contributed by atoms with Crippen molar-refractivity contribution in [1.29, 1.82) is 0 Å². The number of ether oxygens (including phenoxy) is 1. The Kier molecular flexibility index (Phi) is 5.80. The van der Waals surface area contributed by atoms with Gasteiger partial charge < -0.3 is 14.9 Å². The second-order valence-electron chi connectivity index (χ2n) is 9.51. The summed E-state index contributed by atoms with van der Waals surface area (Å²) in [4.78, 5) is 11.8. The maximum absolute atomic E-state index is 11.8. The number of rotatable bonds is 4. The predicted molar refractivity (Wildman–Crippen MR) is 103 cm³/mol. The predicted octanol–water partition coefficient (Wildman–Crippen LogP) is 4.01. The molecule has 2 aliphatic rings. The number of carbonyl (C=O) groups is 1. The Hall–Kier alpha value is -1.13. The van der Waals surface area contributed by atoms with Crippen molar-refractivity contribution in [2.75, 3.05) is 0 Å². The Morgan fingerprint density at radius 3 is 2.38 bits per heavy atom. The van der Waals surface area contributed by atoms with Gasteiger partial charge in [-0.2, -0.15) is 0 Å². The van der Waals surface area contributed by atoms with E-state index >= 15 is 0 Å². The van der Waals surface area contributed by atoms with Crippen molar-refractivity contribution >= 4 is 5.97 Å². The summed E-state index contributed by atoms with van der Waals surface area (Å²) in [6.07, 6.45) is 5.81. The van der Waals surface area contributed by atoms with E-state index in [2.05, 4.69) is 33.4 Å². The van der Waals surface area contributed by atoms with Crippen molar-refractivity contribution in [2.45, 2.75) is 85.0 Å². The smallest absolute Gasteiger partial charge is 0.303 e. The molecule has 0 spiro atoms. The topological polar surface area (TPSA) is 66.8 Å². The standard InChI is InChI=1S/C22H36O4/c1-8-14(2)10-11-16-21(6)13-9-12-20(4,5)18(21)17(26-15(3)23)19(24)22(16,7)25/h8,10,16-19,24-25H,1,9,11-13H2,2-7H3/b14-10-/t16-,17-,18+,19+,21-,22+/m1/s1. The van der Waals surface area contributed by atoms with Crippen molar-refractivity contribution in [3.05, 3.63) is 24.3 Å². The maximum Gasteiger partial charge on any atom is 0.303 e. The first-order chi connectivity index (χ1) is 11.9. The molecule has 0 aromatic rings. The monoisotopic (exact) mass is 364 g/mol. The zero-order valence-corrected chi connectivity index (χ0v) is 17.2. The number of esters is 1. The number of hydrogen-bond donors (Lipinski definition) is 2. The van der Waals surface area contributed by atoms with E-state index in [0.717, 1.165) is 24.8 Å². The lowest BCUT2D eigenvalue weighted by molar-refractivity contribution is -0.270. The first-order valence-corrected chi connectivity index (χ1v) is 9.75. The molecule has 0 aliphatic heterocycles. The second kappa shape index (κ2) is 7.12. The van der Waals surface area contributed by atoms with Crippen molar-refractivity contribution < 1.29 is 19.7 Å². The van der Waals surface area contributed by atoms with Crippen molar-refractivity contribution in [1.82, 2.24) is 0 Å². The molecule has 6 atom stereocenters. The summed E-state index contributed by atoms with van der Waals surface area (Å²) in [5.74, 6) is -0.545. The van der Waals surface area contributed by atoms with E-state index < -0.39 is 23.8 Å². The lowest BCUT2D eigenvalue weighted by atomic mass is 9.43. The highest BCUT2D eigenvalue weighted by Crippen LogP contribution is 2.63. The Balaban J connectivity index is 2.56. The summed E-state index contributed by atoms with van der Waals surface area (Å²) in [6, 6.07) is 0. The molecule has 0 bridgehead atoms. The molecule has 0 amide bonds. The number of fused-ring (bicyclic) bond motifs is 1. The number of aliphatic hydroxyl groups excluding tert-OH is 1. The SMILES string of the molecule is C=C/C(C)=C\C[C@H]1[C@](C)(O)[C@@H](O)[C@H](OC(C)=O)[C@H]2C(C)(C)CCC[C@@]21C. The van der Waals surface area contributed by atoms with Gasteiger partial charge in [-0.25, -0.2) is 0 Å². The average molecular weight is 365 g/mol. The summed E-state index contributed by atoms with van der Waals surface area (Å²) in [6.45, 7) is 15.5. The lowest BCUT2D eigenvalue weighted by Gasteiger charge is -2.64. The van der Waals surface area contributed by atoms with Crippen LogP contribution in [0.3, 0.4) is 0 Å². The number of aliphatic hydroxyl groups is 2. The summed E-state index contributed by atoms with van der Waals surface area (Å²) >= 11 is 0. The minimum Gasteiger partial charge on any atom is -0.459 e. The highest BCUT2D eigenvalue weighted by Gasteiger charge is 2.66. The van der Waals surface area contributed by atoms with Crippen LogP contribution in [0, 0.1) is 22.7 Å². The van der Waals surface area contributed by atoms with E-state index in [0.29, 0.717) is 6.42 Å². The Bertz CT molecular complexity index is 589. The van der Waals surface area contributed by atoms with Gasteiger partial charge in [0.2, 0.25) is 0 Å². The van der Waals surface area contributed by atoms with Gasteiger partial charge >= 0.3 is 5.97 Å². The fourth-order valence-electron chi connectivity index (χ4n) is 5.95. The van der Waals surface area contributed by atoms with Gasteiger partial charge in [0.15, 0.2) is 0 Å². The zero-order valence-electron chi connectivity index (χ0n) is 17.2. The molecular weight excluding hydrogens is 328 g/mol. The summed E-state index contributed by atoms with van der Waals surface area (Å²) in [5.41, 5.74) is -0.591. The van der Waals surface area contributed by atoms with Gasteiger partial charge in [-0.3, -0.25) is 4.79 Å². The molecule has 2 saturated carbocycles. The van der Waals surface area contributed by atoms with Crippen molar-refractivity contribution in [2.24, 2.45) is 22.7 Å². The van der Waals surface area contributed by atoms with Gasteiger partial charge in [0, 0.05) is 12.8 Å². The van der Waals surface area contributed by atoms with E-state index in [1.54, 1.807) is 13.0 Å². The highest BCUT2D eigenvalue weighted by atomic mass is 16.6.